The van der Waals surface area contributed by atoms with Crippen LogP contribution in [0.15, 0.2) is 12.2 Å². The minimum Gasteiger partial charge on any atom is -0.550 e. The van der Waals surface area contributed by atoms with Crippen LogP contribution in [-0.4, -0.2) is 5.97 Å². The molecule has 2 heteroatoms. The van der Waals surface area contributed by atoms with E-state index in [2.05, 4.69) is 6.92 Å². The van der Waals surface area contributed by atoms with Crippen LogP contribution in [0.4, 0.5) is 0 Å². The molecule has 0 aliphatic heterocycles. The molecule has 0 aliphatic rings. The molecule has 0 aromatic carbocycles. The van der Waals surface area contributed by atoms with Gasteiger partial charge in [-0.15, -0.1) is 0 Å². The molecule has 0 atom stereocenters. The molecule has 10 heavy (non-hydrogen) atoms. The molecule has 0 bridgehead atoms. The van der Waals surface area contributed by atoms with E-state index in [4.69, 9.17) is 0 Å². The van der Waals surface area contributed by atoms with Crippen LogP contribution >= 0.6 is 0 Å². The third-order valence-corrected chi connectivity index (χ3v) is 1.18. The van der Waals surface area contributed by atoms with Gasteiger partial charge >= 0.3 is 0 Å². The second kappa shape index (κ2) is 6.33. The van der Waals surface area contributed by atoms with E-state index in [9.17, 15) is 9.90 Å². The Morgan fingerprint density at radius 1 is 1.50 bits per heavy atom. The van der Waals surface area contributed by atoms with Gasteiger partial charge in [0.2, 0.25) is 0 Å². The number of aliphatic carboxylic acids is 1. The highest BCUT2D eigenvalue weighted by atomic mass is 16.4. The molecule has 0 radical (unpaired) electrons. The predicted molar refractivity (Wildman–Crippen MR) is 38.3 cm³/mol. The molecule has 0 fully saturated rings. The normalized spacial score (nSPS) is 10.5. The van der Waals surface area contributed by atoms with Gasteiger partial charge in [-0.1, -0.05) is 31.9 Å². The number of carbonyl (C=O) groups is 1. The fraction of sp³-hybridized carbons (Fsp3) is 0.625. The predicted octanol–water partition coefficient (Wildman–Crippen LogP) is 0.873. The summed E-state index contributed by atoms with van der Waals surface area (Å²) in [5, 5.41) is 9.87. The molecule has 0 unspecified atom stereocenters. The van der Waals surface area contributed by atoms with Crippen molar-refractivity contribution in [3.8, 4) is 0 Å². The Morgan fingerprint density at radius 2 is 2.20 bits per heavy atom. The minimum atomic E-state index is -1.01. The Kier molecular flexibility index (Phi) is 5.83. The average molecular weight is 141 g/mol. The molecule has 0 spiro atoms. The molecule has 2 nitrogen and oxygen atoms in total. The topological polar surface area (TPSA) is 40.1 Å². The van der Waals surface area contributed by atoms with Crippen molar-refractivity contribution < 1.29 is 9.90 Å². The monoisotopic (exact) mass is 141 g/mol. The molecule has 0 aliphatic carbocycles. The van der Waals surface area contributed by atoms with Crippen molar-refractivity contribution in [2.75, 3.05) is 0 Å². The third-order valence-electron chi connectivity index (χ3n) is 1.18. The van der Waals surface area contributed by atoms with Crippen molar-refractivity contribution >= 4 is 5.97 Å². The number of unbranched alkanes of at least 4 members (excludes halogenated alkanes) is 2. The summed E-state index contributed by atoms with van der Waals surface area (Å²) >= 11 is 0. The van der Waals surface area contributed by atoms with Gasteiger partial charge in [-0.05, 0) is 6.42 Å². The lowest BCUT2D eigenvalue weighted by atomic mass is 10.2. The van der Waals surface area contributed by atoms with E-state index in [1.807, 2.05) is 6.08 Å². The highest BCUT2D eigenvalue weighted by Crippen LogP contribution is 1.95. The Hall–Kier alpha value is -0.790. The standard InChI is InChI=1S/C8H14O2/c1-2-3-4-5-6-7-8(9)10/h5-6H,2-4,7H2,1H3,(H,9,10)/p-1/b6-5+. The van der Waals surface area contributed by atoms with Gasteiger partial charge in [0.15, 0.2) is 0 Å². The average Bonchev–Trinajstić information content (AvgIpc) is 1.87. The van der Waals surface area contributed by atoms with E-state index in [1.54, 1.807) is 6.08 Å². The number of hydrogen-bond donors (Lipinski definition) is 0. The maximum absolute atomic E-state index is 9.87. The van der Waals surface area contributed by atoms with Gasteiger partial charge in [0.05, 0.1) is 0 Å². The lowest BCUT2D eigenvalue weighted by Gasteiger charge is -1.93. The van der Waals surface area contributed by atoms with Gasteiger partial charge in [-0.25, -0.2) is 0 Å². The first-order chi connectivity index (χ1) is 4.77. The van der Waals surface area contributed by atoms with E-state index in [1.165, 1.54) is 0 Å². The van der Waals surface area contributed by atoms with E-state index in [0.717, 1.165) is 19.3 Å². The summed E-state index contributed by atoms with van der Waals surface area (Å²) in [7, 11) is 0. The van der Waals surface area contributed by atoms with Crippen LogP contribution in [0.2, 0.25) is 0 Å². The number of carboxylic acids is 1. The Morgan fingerprint density at radius 3 is 2.70 bits per heavy atom. The summed E-state index contributed by atoms with van der Waals surface area (Å²) in [6.45, 7) is 2.10. The van der Waals surface area contributed by atoms with Gasteiger partial charge in [-0.2, -0.15) is 0 Å². The molecular weight excluding hydrogens is 128 g/mol. The van der Waals surface area contributed by atoms with Gasteiger partial charge in [0.25, 0.3) is 0 Å². The zero-order chi connectivity index (χ0) is 7.82. The van der Waals surface area contributed by atoms with Crippen LogP contribution in [-0.2, 0) is 4.79 Å². The van der Waals surface area contributed by atoms with Gasteiger partial charge in [0.1, 0.15) is 0 Å². The van der Waals surface area contributed by atoms with Crippen LogP contribution in [0.5, 0.6) is 0 Å². The van der Waals surface area contributed by atoms with E-state index in [0.29, 0.717) is 0 Å². The summed E-state index contributed by atoms with van der Waals surface area (Å²) in [5.74, 6) is -1.01. The van der Waals surface area contributed by atoms with Gasteiger partial charge < -0.3 is 9.90 Å². The van der Waals surface area contributed by atoms with Gasteiger partial charge in [-0.3, -0.25) is 0 Å². The largest absolute Gasteiger partial charge is 0.550 e. The van der Waals surface area contributed by atoms with Crippen LogP contribution in [0.25, 0.3) is 0 Å². The van der Waals surface area contributed by atoms with E-state index in [-0.39, 0.29) is 6.42 Å². The number of hydrogen-bond acceptors (Lipinski definition) is 2. The van der Waals surface area contributed by atoms with Crippen LogP contribution < -0.4 is 5.11 Å². The SMILES string of the molecule is CCCC/C=C/CC(=O)[O-]. The molecule has 0 heterocycles. The summed E-state index contributed by atoms with van der Waals surface area (Å²) in [5.41, 5.74) is 0. The lowest BCUT2D eigenvalue weighted by molar-refractivity contribution is -0.304. The fourth-order valence-corrected chi connectivity index (χ4v) is 0.619. The maximum atomic E-state index is 9.87. The highest BCUT2D eigenvalue weighted by molar-refractivity contribution is 5.66. The van der Waals surface area contributed by atoms with E-state index < -0.39 is 5.97 Å². The second-order valence-corrected chi connectivity index (χ2v) is 2.19. The fourth-order valence-electron chi connectivity index (χ4n) is 0.619. The molecule has 0 aromatic rings. The van der Waals surface area contributed by atoms with Crippen molar-refractivity contribution in [3.05, 3.63) is 12.2 Å². The quantitative estimate of drug-likeness (QED) is 0.421. The summed E-state index contributed by atoms with van der Waals surface area (Å²) in [6, 6.07) is 0. The number of carboxylic acid groups (broad SMARTS) is 1. The first-order valence-electron chi connectivity index (χ1n) is 3.62. The number of rotatable bonds is 5. The van der Waals surface area contributed by atoms with E-state index >= 15 is 0 Å². The molecular formula is C8H13O2-. The third kappa shape index (κ3) is 7.21. The second-order valence-electron chi connectivity index (χ2n) is 2.19. The first-order valence-corrected chi connectivity index (χ1v) is 3.62. The van der Waals surface area contributed by atoms with Crippen molar-refractivity contribution in [3.63, 3.8) is 0 Å². The van der Waals surface area contributed by atoms with Crippen LogP contribution in [0, 0.1) is 0 Å². The lowest BCUT2D eigenvalue weighted by Crippen LogP contribution is -2.20. The molecule has 0 N–H and O–H groups in total. The Labute approximate surface area is 61.6 Å². The van der Waals surface area contributed by atoms with Crippen molar-refractivity contribution in [1.82, 2.24) is 0 Å². The molecule has 0 rings (SSSR count). The van der Waals surface area contributed by atoms with Crippen molar-refractivity contribution in [2.24, 2.45) is 0 Å². The number of allylic oxidation sites excluding steroid dienone is 1. The maximum Gasteiger partial charge on any atom is 0.0452 e. The summed E-state index contributed by atoms with van der Waals surface area (Å²) in [6.07, 6.45) is 6.83. The molecule has 0 saturated carbocycles. The highest BCUT2D eigenvalue weighted by Gasteiger charge is 1.79. The van der Waals surface area contributed by atoms with Crippen LogP contribution in [0.3, 0.4) is 0 Å². The van der Waals surface area contributed by atoms with Gasteiger partial charge in [0, 0.05) is 12.4 Å². The summed E-state index contributed by atoms with van der Waals surface area (Å²) < 4.78 is 0. The smallest absolute Gasteiger partial charge is 0.0452 e. The Balaban J connectivity index is 3.12. The zero-order valence-corrected chi connectivity index (χ0v) is 6.30. The van der Waals surface area contributed by atoms with Crippen molar-refractivity contribution in [1.29, 1.82) is 0 Å². The molecule has 0 aromatic heterocycles. The molecule has 58 valence electrons. The molecule has 0 saturated heterocycles. The Bertz CT molecular complexity index is 116. The summed E-state index contributed by atoms with van der Waals surface area (Å²) in [4.78, 5) is 9.87. The molecule has 0 amide bonds. The minimum absolute atomic E-state index is 0.0454. The number of carbonyl (C=O) groups excluding carboxylic acids is 1. The van der Waals surface area contributed by atoms with Crippen molar-refractivity contribution in [2.45, 2.75) is 32.6 Å². The van der Waals surface area contributed by atoms with Crippen LogP contribution in [0.1, 0.15) is 32.6 Å². The first kappa shape index (κ1) is 9.21. The zero-order valence-electron chi connectivity index (χ0n) is 6.30.